The molecule has 0 heterocycles. The zero-order chi connectivity index (χ0) is 21.6. The Balaban J connectivity index is 1.29. The molecular formula is C26H24FNO3. The van der Waals surface area contributed by atoms with Gasteiger partial charge in [-0.05, 0) is 40.8 Å². The lowest BCUT2D eigenvalue weighted by Crippen LogP contribution is -2.26. The lowest BCUT2D eigenvalue weighted by molar-refractivity contribution is 0.143. The van der Waals surface area contributed by atoms with Gasteiger partial charge < -0.3 is 14.8 Å². The third kappa shape index (κ3) is 4.45. The predicted molar refractivity (Wildman–Crippen MR) is 120 cm³/mol. The zero-order valence-electron chi connectivity index (χ0n) is 17.3. The van der Waals surface area contributed by atoms with Gasteiger partial charge >= 0.3 is 6.09 Å². The number of rotatable bonds is 7. The Morgan fingerprint density at radius 3 is 2.35 bits per heavy atom. The maximum atomic E-state index is 13.9. The van der Waals surface area contributed by atoms with Crippen LogP contribution in [0.4, 0.5) is 9.18 Å². The summed E-state index contributed by atoms with van der Waals surface area (Å²) in [5.41, 5.74) is 5.14. The maximum Gasteiger partial charge on any atom is 0.407 e. The average molecular weight is 417 g/mol. The van der Waals surface area contributed by atoms with Crippen LogP contribution in [0.5, 0.6) is 5.75 Å². The molecule has 0 fully saturated rings. The minimum absolute atomic E-state index is 0.0339. The summed E-state index contributed by atoms with van der Waals surface area (Å²) in [6, 6.07) is 21.1. The van der Waals surface area contributed by atoms with Crippen molar-refractivity contribution in [3.8, 4) is 16.9 Å². The molecule has 1 aliphatic carbocycles. The Labute approximate surface area is 181 Å². The first kappa shape index (κ1) is 20.7. The van der Waals surface area contributed by atoms with Crippen LogP contribution in [0.3, 0.4) is 0 Å². The van der Waals surface area contributed by atoms with Crippen molar-refractivity contribution in [1.82, 2.24) is 5.32 Å². The molecule has 0 saturated carbocycles. The molecule has 0 aromatic heterocycles. The number of hydrogen-bond donors (Lipinski definition) is 1. The van der Waals surface area contributed by atoms with Crippen LogP contribution in [-0.2, 0) is 4.74 Å². The van der Waals surface area contributed by atoms with E-state index in [2.05, 4.69) is 29.6 Å². The second-order valence-corrected chi connectivity index (χ2v) is 7.30. The highest BCUT2D eigenvalue weighted by Crippen LogP contribution is 2.44. The van der Waals surface area contributed by atoms with Crippen molar-refractivity contribution >= 4 is 12.2 Å². The van der Waals surface area contributed by atoms with Gasteiger partial charge in [0.2, 0.25) is 0 Å². The number of methoxy groups -OCH3 is 1. The molecule has 0 atom stereocenters. The number of fused-ring (bicyclic) bond motifs is 3. The number of halogens is 1. The molecule has 4 nitrogen and oxygen atoms in total. The van der Waals surface area contributed by atoms with Crippen LogP contribution in [0.25, 0.3) is 17.2 Å². The minimum Gasteiger partial charge on any atom is -0.496 e. The molecule has 0 bridgehead atoms. The number of hydrogen-bond acceptors (Lipinski definition) is 3. The molecule has 0 saturated heterocycles. The molecule has 0 spiro atoms. The van der Waals surface area contributed by atoms with E-state index < -0.39 is 6.09 Å². The van der Waals surface area contributed by atoms with Crippen molar-refractivity contribution in [2.24, 2.45) is 0 Å². The summed E-state index contributed by atoms with van der Waals surface area (Å²) < 4.78 is 24.6. The van der Waals surface area contributed by atoms with Crippen LogP contribution < -0.4 is 10.1 Å². The number of benzene rings is 3. The van der Waals surface area contributed by atoms with Crippen molar-refractivity contribution in [2.45, 2.75) is 12.3 Å². The van der Waals surface area contributed by atoms with Crippen LogP contribution in [0.15, 0.2) is 72.8 Å². The SMILES string of the molecule is COc1cccc(F)c1C=CCCNC(=O)OCC1c2ccccc2-c2ccccc21. The molecule has 1 N–H and O–H groups in total. The van der Waals surface area contributed by atoms with Gasteiger partial charge in [-0.2, -0.15) is 0 Å². The fourth-order valence-electron chi connectivity index (χ4n) is 3.97. The van der Waals surface area contributed by atoms with E-state index in [1.807, 2.05) is 24.3 Å². The van der Waals surface area contributed by atoms with Crippen molar-refractivity contribution in [3.63, 3.8) is 0 Å². The molecule has 3 aromatic carbocycles. The smallest absolute Gasteiger partial charge is 0.407 e. The van der Waals surface area contributed by atoms with E-state index in [9.17, 15) is 9.18 Å². The second kappa shape index (κ2) is 9.47. The van der Waals surface area contributed by atoms with Gasteiger partial charge in [0.1, 0.15) is 18.2 Å². The third-order valence-electron chi connectivity index (χ3n) is 5.44. The van der Waals surface area contributed by atoms with Crippen molar-refractivity contribution in [2.75, 3.05) is 20.3 Å². The van der Waals surface area contributed by atoms with Crippen molar-refractivity contribution in [3.05, 3.63) is 95.3 Å². The highest BCUT2D eigenvalue weighted by molar-refractivity contribution is 5.79. The highest BCUT2D eigenvalue weighted by atomic mass is 19.1. The van der Waals surface area contributed by atoms with E-state index in [1.54, 1.807) is 24.3 Å². The van der Waals surface area contributed by atoms with Gasteiger partial charge in [-0.3, -0.25) is 0 Å². The summed E-state index contributed by atoms with van der Waals surface area (Å²) in [5, 5.41) is 2.75. The Hall–Kier alpha value is -3.60. The number of amides is 1. The van der Waals surface area contributed by atoms with Crippen LogP contribution in [0.2, 0.25) is 0 Å². The number of carbonyl (C=O) groups excluding carboxylic acids is 1. The number of carbonyl (C=O) groups is 1. The molecule has 3 aromatic rings. The van der Waals surface area contributed by atoms with Crippen LogP contribution >= 0.6 is 0 Å². The van der Waals surface area contributed by atoms with E-state index in [0.29, 0.717) is 24.3 Å². The first-order valence-electron chi connectivity index (χ1n) is 10.3. The number of alkyl carbamates (subject to hydrolysis) is 1. The molecule has 1 aliphatic rings. The quantitative estimate of drug-likeness (QED) is 0.496. The first-order chi connectivity index (χ1) is 15.2. The molecule has 0 radical (unpaired) electrons. The summed E-state index contributed by atoms with van der Waals surface area (Å²) in [6.07, 6.45) is 3.54. The summed E-state index contributed by atoms with van der Waals surface area (Å²) in [4.78, 5) is 12.2. The lowest BCUT2D eigenvalue weighted by Gasteiger charge is -2.14. The predicted octanol–water partition coefficient (Wildman–Crippen LogP) is 5.78. The van der Waals surface area contributed by atoms with E-state index in [1.165, 1.54) is 35.4 Å². The molecule has 158 valence electrons. The lowest BCUT2D eigenvalue weighted by atomic mass is 9.98. The van der Waals surface area contributed by atoms with E-state index in [-0.39, 0.29) is 18.3 Å². The van der Waals surface area contributed by atoms with E-state index in [0.717, 1.165) is 0 Å². The fraction of sp³-hybridized carbons (Fsp3) is 0.192. The van der Waals surface area contributed by atoms with Gasteiger partial charge in [0, 0.05) is 12.5 Å². The van der Waals surface area contributed by atoms with Gasteiger partial charge in [0.25, 0.3) is 0 Å². The van der Waals surface area contributed by atoms with Crippen molar-refractivity contribution in [1.29, 1.82) is 0 Å². The minimum atomic E-state index is -0.460. The largest absolute Gasteiger partial charge is 0.496 e. The Bertz CT molecular complexity index is 1060. The zero-order valence-corrected chi connectivity index (χ0v) is 17.3. The number of ether oxygens (including phenoxy) is 2. The average Bonchev–Trinajstić information content (AvgIpc) is 3.12. The molecule has 4 rings (SSSR count). The van der Waals surface area contributed by atoms with Gasteiger partial charge in [0.05, 0.1) is 12.7 Å². The second-order valence-electron chi connectivity index (χ2n) is 7.30. The van der Waals surface area contributed by atoms with E-state index >= 15 is 0 Å². The Morgan fingerprint density at radius 1 is 1.00 bits per heavy atom. The summed E-state index contributed by atoms with van der Waals surface area (Å²) in [6.45, 7) is 0.673. The molecule has 0 unspecified atom stereocenters. The van der Waals surface area contributed by atoms with E-state index in [4.69, 9.17) is 9.47 Å². The summed E-state index contributed by atoms with van der Waals surface area (Å²) in [5.74, 6) is 0.160. The van der Waals surface area contributed by atoms with Gasteiger partial charge in [-0.1, -0.05) is 66.7 Å². The van der Waals surface area contributed by atoms with Gasteiger partial charge in [0.15, 0.2) is 0 Å². The molecule has 0 aliphatic heterocycles. The first-order valence-corrected chi connectivity index (χ1v) is 10.3. The Kier molecular flexibility index (Phi) is 6.32. The maximum absolute atomic E-state index is 13.9. The molecule has 31 heavy (non-hydrogen) atoms. The van der Waals surface area contributed by atoms with Crippen LogP contribution in [-0.4, -0.2) is 26.4 Å². The van der Waals surface area contributed by atoms with Gasteiger partial charge in [-0.15, -0.1) is 0 Å². The monoisotopic (exact) mass is 417 g/mol. The molecule has 1 amide bonds. The van der Waals surface area contributed by atoms with Gasteiger partial charge in [-0.25, -0.2) is 9.18 Å². The third-order valence-corrected chi connectivity index (χ3v) is 5.44. The van der Waals surface area contributed by atoms with Crippen LogP contribution in [0.1, 0.15) is 29.0 Å². The van der Waals surface area contributed by atoms with Crippen molar-refractivity contribution < 1.29 is 18.7 Å². The molecule has 5 heteroatoms. The fourth-order valence-corrected chi connectivity index (χ4v) is 3.97. The normalized spacial score (nSPS) is 12.5. The topological polar surface area (TPSA) is 47.6 Å². The number of nitrogens with one attached hydrogen (secondary N) is 1. The summed E-state index contributed by atoms with van der Waals surface area (Å²) in [7, 11) is 1.50. The highest BCUT2D eigenvalue weighted by Gasteiger charge is 2.28. The Morgan fingerprint density at radius 2 is 1.68 bits per heavy atom. The standard InChI is InChI=1S/C26H24FNO3/c1-30-25-15-8-14-24(27)22(25)13-6-7-16-28-26(29)31-17-23-20-11-4-2-9-18(20)19-10-3-5-12-21(19)23/h2-6,8-15,23H,7,16-17H2,1H3,(H,28,29). The summed E-state index contributed by atoms with van der Waals surface area (Å²) >= 11 is 0. The molecular weight excluding hydrogens is 393 g/mol. The van der Waals surface area contributed by atoms with Crippen LogP contribution in [0, 0.1) is 5.82 Å².